The highest BCUT2D eigenvalue weighted by Gasteiger charge is 2.31. The maximum absolute atomic E-state index is 12.7. The quantitative estimate of drug-likeness (QED) is 0.601. The molecule has 0 bridgehead atoms. The molecule has 0 fully saturated rings. The van der Waals surface area contributed by atoms with E-state index in [2.05, 4.69) is 38.0 Å². The predicted octanol–water partition coefficient (Wildman–Crippen LogP) is 4.90. The minimum atomic E-state index is -4.44. The van der Waals surface area contributed by atoms with Crippen LogP contribution in [0.2, 0.25) is 0 Å². The molecule has 1 aromatic carbocycles. The number of nitrogens with one attached hydrogen (secondary N) is 1. The normalized spacial score (nSPS) is 11.9. The fourth-order valence-corrected chi connectivity index (χ4v) is 2.53. The van der Waals surface area contributed by atoms with Gasteiger partial charge in [-0.1, -0.05) is 11.2 Å². The van der Waals surface area contributed by atoms with E-state index in [0.717, 1.165) is 21.4 Å². The van der Waals surface area contributed by atoms with Gasteiger partial charge in [-0.25, -0.2) is 0 Å². The molecule has 0 atom stereocenters. The third-order valence-corrected chi connectivity index (χ3v) is 4.44. The zero-order valence-corrected chi connectivity index (χ0v) is 13.4. The van der Waals surface area contributed by atoms with Crippen molar-refractivity contribution in [2.45, 2.75) is 13.1 Å². The largest absolute Gasteiger partial charge is 0.417 e. The Morgan fingerprint density at radius 1 is 1.23 bits per heavy atom. The van der Waals surface area contributed by atoms with Crippen molar-refractivity contribution in [2.75, 3.05) is 5.32 Å². The van der Waals surface area contributed by atoms with Gasteiger partial charge in [0.15, 0.2) is 11.4 Å². The van der Waals surface area contributed by atoms with E-state index < -0.39 is 11.7 Å². The van der Waals surface area contributed by atoms with Gasteiger partial charge >= 0.3 is 6.18 Å². The van der Waals surface area contributed by atoms with Crippen molar-refractivity contribution in [3.8, 4) is 0 Å². The molecule has 2 heterocycles. The van der Waals surface area contributed by atoms with E-state index in [9.17, 15) is 13.2 Å². The molecule has 0 aliphatic carbocycles. The second-order valence-corrected chi connectivity index (χ2v) is 5.77. The molecular formula is C14H9F3IN3O. The molecule has 0 saturated heterocycles. The molecule has 22 heavy (non-hydrogen) atoms. The summed E-state index contributed by atoms with van der Waals surface area (Å²) in [5, 5.41) is 7.40. The first-order valence-corrected chi connectivity index (χ1v) is 7.28. The molecule has 0 aliphatic rings. The molecule has 0 unspecified atom stereocenters. The summed E-state index contributed by atoms with van der Waals surface area (Å²) >= 11 is 2.14. The van der Waals surface area contributed by atoms with E-state index in [1.54, 1.807) is 0 Å². The number of pyridine rings is 1. The van der Waals surface area contributed by atoms with Crippen molar-refractivity contribution in [1.29, 1.82) is 0 Å². The molecule has 4 nitrogen and oxygen atoms in total. The Balaban J connectivity index is 1.99. The summed E-state index contributed by atoms with van der Waals surface area (Å²) in [5.74, 6) is 0.356. The van der Waals surface area contributed by atoms with Crippen molar-refractivity contribution in [3.63, 3.8) is 0 Å². The number of alkyl halides is 3. The van der Waals surface area contributed by atoms with Gasteiger partial charge in [0.1, 0.15) is 0 Å². The van der Waals surface area contributed by atoms with Gasteiger partial charge in [-0.2, -0.15) is 13.2 Å². The van der Waals surface area contributed by atoms with Crippen LogP contribution in [0, 0.1) is 10.5 Å². The van der Waals surface area contributed by atoms with Gasteiger partial charge in [0.25, 0.3) is 0 Å². The second-order valence-electron chi connectivity index (χ2n) is 4.69. The van der Waals surface area contributed by atoms with E-state index in [1.165, 1.54) is 6.20 Å². The number of benzene rings is 1. The lowest BCUT2D eigenvalue weighted by Crippen LogP contribution is -2.06. The SMILES string of the molecule is Cc1ccc2c(Nc3cncc(C(F)(F)F)c3)noc2c1I. The van der Waals surface area contributed by atoms with Crippen LogP contribution in [0.15, 0.2) is 35.1 Å². The van der Waals surface area contributed by atoms with Crippen LogP contribution >= 0.6 is 22.6 Å². The summed E-state index contributed by atoms with van der Waals surface area (Å²) in [6, 6.07) is 4.69. The van der Waals surface area contributed by atoms with Gasteiger partial charge in [-0.15, -0.1) is 0 Å². The Labute approximate surface area is 136 Å². The molecule has 114 valence electrons. The van der Waals surface area contributed by atoms with Crippen LogP contribution in [-0.4, -0.2) is 10.1 Å². The highest BCUT2D eigenvalue weighted by molar-refractivity contribution is 14.1. The van der Waals surface area contributed by atoms with Crippen molar-refractivity contribution in [2.24, 2.45) is 0 Å². The number of hydrogen-bond acceptors (Lipinski definition) is 4. The third kappa shape index (κ3) is 2.74. The number of hydrogen-bond donors (Lipinski definition) is 1. The first-order chi connectivity index (χ1) is 10.4. The van der Waals surface area contributed by atoms with Crippen LogP contribution in [0.4, 0.5) is 24.7 Å². The van der Waals surface area contributed by atoms with Crippen LogP contribution in [0.25, 0.3) is 11.0 Å². The predicted molar refractivity (Wildman–Crippen MR) is 84.0 cm³/mol. The number of aromatic nitrogens is 2. The van der Waals surface area contributed by atoms with Crippen LogP contribution in [-0.2, 0) is 6.18 Å². The van der Waals surface area contributed by atoms with E-state index in [0.29, 0.717) is 16.8 Å². The minimum absolute atomic E-state index is 0.195. The van der Waals surface area contributed by atoms with Crippen LogP contribution in [0.1, 0.15) is 11.1 Å². The molecule has 0 amide bonds. The maximum Gasteiger partial charge on any atom is 0.417 e. The van der Waals surface area contributed by atoms with Gasteiger partial charge in [0, 0.05) is 6.20 Å². The van der Waals surface area contributed by atoms with Crippen molar-refractivity contribution in [3.05, 3.63) is 45.3 Å². The highest BCUT2D eigenvalue weighted by atomic mass is 127. The Bertz CT molecular complexity index is 845. The average Bonchev–Trinajstić information content (AvgIpc) is 2.86. The van der Waals surface area contributed by atoms with E-state index in [1.807, 2.05) is 19.1 Å². The number of nitrogens with zero attached hydrogens (tertiary/aromatic N) is 2. The van der Waals surface area contributed by atoms with E-state index in [4.69, 9.17) is 4.52 Å². The summed E-state index contributed by atoms with van der Waals surface area (Å²) in [4.78, 5) is 3.60. The Morgan fingerprint density at radius 3 is 2.73 bits per heavy atom. The zero-order valence-electron chi connectivity index (χ0n) is 11.2. The Kier molecular flexibility index (Phi) is 3.71. The first-order valence-electron chi connectivity index (χ1n) is 6.20. The lowest BCUT2D eigenvalue weighted by atomic mass is 10.2. The Hall–Kier alpha value is -1.84. The average molecular weight is 419 g/mol. The van der Waals surface area contributed by atoms with Crippen LogP contribution < -0.4 is 5.32 Å². The number of aryl methyl sites for hydroxylation is 1. The number of fused-ring (bicyclic) bond motifs is 1. The molecule has 3 rings (SSSR count). The fraction of sp³-hybridized carbons (Fsp3) is 0.143. The molecule has 0 radical (unpaired) electrons. The van der Waals surface area contributed by atoms with E-state index in [-0.39, 0.29) is 5.69 Å². The monoisotopic (exact) mass is 419 g/mol. The minimum Gasteiger partial charge on any atom is -0.353 e. The molecule has 3 aromatic rings. The highest BCUT2D eigenvalue weighted by Crippen LogP contribution is 2.33. The van der Waals surface area contributed by atoms with Gasteiger partial charge in [-0.3, -0.25) is 4.98 Å². The molecule has 0 saturated carbocycles. The topological polar surface area (TPSA) is 51.0 Å². The number of anilines is 2. The summed E-state index contributed by atoms with van der Waals surface area (Å²) in [5.41, 5.74) is 1.01. The third-order valence-electron chi connectivity index (χ3n) is 3.10. The number of halogens is 4. The van der Waals surface area contributed by atoms with Crippen LogP contribution in [0.3, 0.4) is 0 Å². The fourth-order valence-electron chi connectivity index (χ4n) is 1.96. The summed E-state index contributed by atoms with van der Waals surface area (Å²) in [6.07, 6.45) is -2.36. The second kappa shape index (κ2) is 5.41. The molecule has 0 aliphatic heterocycles. The Morgan fingerprint density at radius 2 is 2.00 bits per heavy atom. The van der Waals surface area contributed by atoms with Crippen molar-refractivity contribution >= 4 is 45.1 Å². The summed E-state index contributed by atoms with van der Waals surface area (Å²) in [6.45, 7) is 1.94. The lowest BCUT2D eigenvalue weighted by molar-refractivity contribution is -0.137. The molecular weight excluding hydrogens is 410 g/mol. The standard InChI is InChI=1S/C14H9F3IN3O/c1-7-2-3-10-12(11(7)18)22-21-13(10)20-9-4-8(5-19-6-9)14(15,16)17/h2-6H,1H3,(H,20,21). The molecule has 0 spiro atoms. The van der Waals surface area contributed by atoms with Gasteiger partial charge in [0.05, 0.1) is 26.4 Å². The zero-order chi connectivity index (χ0) is 15.9. The van der Waals surface area contributed by atoms with Crippen LogP contribution in [0.5, 0.6) is 0 Å². The summed E-state index contributed by atoms with van der Waals surface area (Å²) in [7, 11) is 0. The molecule has 2 aromatic heterocycles. The molecule has 8 heteroatoms. The summed E-state index contributed by atoms with van der Waals surface area (Å²) < 4.78 is 44.3. The smallest absolute Gasteiger partial charge is 0.353 e. The van der Waals surface area contributed by atoms with Crippen molar-refractivity contribution in [1.82, 2.24) is 10.1 Å². The van der Waals surface area contributed by atoms with Gasteiger partial charge in [-0.05, 0) is 47.2 Å². The lowest BCUT2D eigenvalue weighted by Gasteiger charge is -2.08. The maximum atomic E-state index is 12.7. The first kappa shape index (κ1) is 15.1. The number of rotatable bonds is 2. The molecule has 1 N–H and O–H groups in total. The van der Waals surface area contributed by atoms with E-state index >= 15 is 0 Å². The van der Waals surface area contributed by atoms with Crippen molar-refractivity contribution < 1.29 is 17.7 Å². The van der Waals surface area contributed by atoms with Gasteiger partial charge < -0.3 is 9.84 Å². The van der Waals surface area contributed by atoms with Gasteiger partial charge in [0.2, 0.25) is 0 Å².